The number of fused-ring (bicyclic) bond motifs is 1. The van der Waals surface area contributed by atoms with E-state index >= 15 is 0 Å². The number of para-hydroxylation sites is 1. The molecule has 3 aromatic rings. The topological polar surface area (TPSA) is 62.1 Å². The molecule has 22 heavy (non-hydrogen) atoms. The summed E-state index contributed by atoms with van der Waals surface area (Å²) in [4.78, 5) is 21.0. The summed E-state index contributed by atoms with van der Waals surface area (Å²) in [7, 11) is 1.84. The molecule has 0 amide bonds. The summed E-state index contributed by atoms with van der Waals surface area (Å²) < 4.78 is 5.94. The van der Waals surface area contributed by atoms with Crippen LogP contribution in [0.15, 0.2) is 51.9 Å². The molecule has 1 aromatic carbocycles. The molecule has 2 heterocycles. The lowest BCUT2D eigenvalue weighted by Crippen LogP contribution is -2.21. The van der Waals surface area contributed by atoms with Crippen molar-refractivity contribution in [1.82, 2.24) is 9.97 Å². The van der Waals surface area contributed by atoms with Crippen molar-refractivity contribution in [3.8, 4) is 0 Å². The van der Waals surface area contributed by atoms with Crippen LogP contribution in [0.1, 0.15) is 5.82 Å². The molecule has 0 aliphatic carbocycles. The number of furan rings is 1. The number of anilines is 1. The van der Waals surface area contributed by atoms with Gasteiger partial charge < -0.3 is 14.3 Å². The monoisotopic (exact) mass is 331 g/mol. The van der Waals surface area contributed by atoms with Crippen LogP contribution in [0, 0.1) is 0 Å². The van der Waals surface area contributed by atoms with Crippen molar-refractivity contribution in [1.29, 1.82) is 0 Å². The number of nitrogens with one attached hydrogen (secondary N) is 1. The first-order valence-corrected chi connectivity index (χ1v) is 7.96. The predicted molar refractivity (Wildman–Crippen MR) is 93.4 cm³/mol. The molecule has 0 fully saturated rings. The third-order valence-electron chi connectivity index (χ3n) is 3.10. The largest absolute Gasteiger partial charge is 0.448 e. The predicted octanol–water partition coefficient (Wildman–Crippen LogP) is 3.17. The number of aromatic nitrogens is 2. The molecule has 0 saturated carbocycles. The summed E-state index contributed by atoms with van der Waals surface area (Å²) in [6, 6.07) is 10.9. The highest BCUT2D eigenvalue weighted by atomic mass is 32.2. The molecule has 0 spiro atoms. The summed E-state index contributed by atoms with van der Waals surface area (Å²) in [5, 5.41) is 0.589. The fourth-order valence-corrected chi connectivity index (χ4v) is 2.93. The van der Waals surface area contributed by atoms with Gasteiger partial charge >= 0.3 is 0 Å². The number of benzene rings is 1. The van der Waals surface area contributed by atoms with E-state index in [1.54, 1.807) is 17.2 Å². The minimum absolute atomic E-state index is 0.133. The first-order valence-electron chi connectivity index (χ1n) is 6.57. The number of thiocarbonyl (C=S) groups is 1. The van der Waals surface area contributed by atoms with E-state index in [9.17, 15) is 4.79 Å². The lowest BCUT2D eigenvalue weighted by Gasteiger charge is -2.15. The van der Waals surface area contributed by atoms with Crippen molar-refractivity contribution in [2.24, 2.45) is 0 Å². The van der Waals surface area contributed by atoms with Crippen LogP contribution in [0.2, 0.25) is 0 Å². The molecule has 7 heteroatoms. The van der Waals surface area contributed by atoms with E-state index in [1.165, 1.54) is 11.8 Å². The number of hydrogen-bond acceptors (Lipinski definition) is 5. The Kier molecular flexibility index (Phi) is 4.26. The zero-order valence-electron chi connectivity index (χ0n) is 11.8. The van der Waals surface area contributed by atoms with Crippen molar-refractivity contribution < 1.29 is 4.42 Å². The molecule has 0 bridgehead atoms. The van der Waals surface area contributed by atoms with Crippen molar-refractivity contribution in [3.05, 3.63) is 58.8 Å². The van der Waals surface area contributed by atoms with Gasteiger partial charge in [-0.25, -0.2) is 4.98 Å². The SMILES string of the molecule is CN(C(=S)SCc1nc2ccccc2c(=O)[nH]1)c1ccco1. The van der Waals surface area contributed by atoms with E-state index < -0.39 is 0 Å². The zero-order chi connectivity index (χ0) is 15.5. The fourth-order valence-electron chi connectivity index (χ4n) is 1.98. The van der Waals surface area contributed by atoms with Gasteiger partial charge in [-0.1, -0.05) is 36.1 Å². The Labute approximate surface area is 136 Å². The van der Waals surface area contributed by atoms with E-state index in [2.05, 4.69) is 9.97 Å². The van der Waals surface area contributed by atoms with Crippen molar-refractivity contribution >= 4 is 45.1 Å². The highest BCUT2D eigenvalue weighted by Crippen LogP contribution is 2.20. The smallest absolute Gasteiger partial charge is 0.258 e. The van der Waals surface area contributed by atoms with E-state index in [0.717, 1.165) is 0 Å². The molecule has 0 aliphatic rings. The molecule has 1 N–H and O–H groups in total. The molecule has 112 valence electrons. The summed E-state index contributed by atoms with van der Waals surface area (Å²) >= 11 is 6.78. The van der Waals surface area contributed by atoms with Crippen molar-refractivity contribution in [2.75, 3.05) is 11.9 Å². The second-order valence-electron chi connectivity index (χ2n) is 4.59. The maximum Gasteiger partial charge on any atom is 0.258 e. The van der Waals surface area contributed by atoms with E-state index in [1.807, 2.05) is 37.4 Å². The lowest BCUT2D eigenvalue weighted by molar-refractivity contribution is 0.573. The number of thioether (sulfide) groups is 1. The van der Waals surface area contributed by atoms with Gasteiger partial charge in [0.15, 0.2) is 5.88 Å². The number of rotatable bonds is 3. The quantitative estimate of drug-likeness (QED) is 0.744. The van der Waals surface area contributed by atoms with Gasteiger partial charge in [0.25, 0.3) is 5.56 Å². The first-order chi connectivity index (χ1) is 10.6. The molecule has 0 atom stereocenters. The zero-order valence-corrected chi connectivity index (χ0v) is 13.4. The summed E-state index contributed by atoms with van der Waals surface area (Å²) in [5.74, 6) is 1.77. The number of aromatic amines is 1. The highest BCUT2D eigenvalue weighted by Gasteiger charge is 2.11. The van der Waals surface area contributed by atoms with Crippen LogP contribution >= 0.6 is 24.0 Å². The van der Waals surface area contributed by atoms with Gasteiger partial charge in [-0.05, 0) is 18.2 Å². The van der Waals surface area contributed by atoms with Crippen molar-refractivity contribution in [2.45, 2.75) is 5.75 Å². The van der Waals surface area contributed by atoms with E-state index in [4.69, 9.17) is 16.6 Å². The minimum Gasteiger partial charge on any atom is -0.448 e. The molecular formula is C15H13N3O2S2. The third-order valence-corrected chi connectivity index (χ3v) is 4.67. The second-order valence-corrected chi connectivity index (χ2v) is 6.20. The van der Waals surface area contributed by atoms with Crippen LogP contribution in [0.3, 0.4) is 0 Å². The van der Waals surface area contributed by atoms with Crippen LogP contribution in [0.25, 0.3) is 10.9 Å². The molecule has 0 unspecified atom stereocenters. The first kappa shape index (κ1) is 14.8. The van der Waals surface area contributed by atoms with Gasteiger partial charge in [-0.15, -0.1) is 0 Å². The Balaban J connectivity index is 1.74. The Hall–Kier alpha value is -2.12. The molecule has 0 radical (unpaired) electrons. The normalized spacial score (nSPS) is 10.8. The van der Waals surface area contributed by atoms with Crippen LogP contribution < -0.4 is 10.5 Å². The van der Waals surface area contributed by atoms with Crippen LogP contribution in [0.5, 0.6) is 0 Å². The maximum absolute atomic E-state index is 12.0. The summed E-state index contributed by atoms with van der Waals surface area (Å²) in [6.07, 6.45) is 1.60. The fraction of sp³-hybridized carbons (Fsp3) is 0.133. The average Bonchev–Trinajstić information content (AvgIpc) is 3.06. The standard InChI is InChI=1S/C15H13N3O2S2/c1-18(13-7-4-8-20-13)15(21)22-9-12-16-11-6-3-2-5-10(11)14(19)17-12/h2-8H,9H2,1H3,(H,16,17,19). The van der Waals surface area contributed by atoms with Gasteiger partial charge in [0.1, 0.15) is 10.1 Å². The lowest BCUT2D eigenvalue weighted by atomic mass is 10.2. The summed E-state index contributed by atoms with van der Waals surface area (Å²) in [6.45, 7) is 0. The Morgan fingerprint density at radius 2 is 2.18 bits per heavy atom. The molecule has 0 aliphatic heterocycles. The van der Waals surface area contributed by atoms with Gasteiger partial charge in [0.2, 0.25) is 0 Å². The minimum atomic E-state index is -0.133. The van der Waals surface area contributed by atoms with Gasteiger partial charge in [-0.2, -0.15) is 0 Å². The molecule has 0 saturated heterocycles. The Morgan fingerprint density at radius 1 is 1.36 bits per heavy atom. The van der Waals surface area contributed by atoms with E-state index in [0.29, 0.717) is 32.7 Å². The molecule has 2 aromatic heterocycles. The maximum atomic E-state index is 12.0. The Morgan fingerprint density at radius 3 is 2.95 bits per heavy atom. The second kappa shape index (κ2) is 6.33. The summed E-state index contributed by atoms with van der Waals surface area (Å²) in [5.41, 5.74) is 0.554. The number of hydrogen-bond donors (Lipinski definition) is 1. The van der Waals surface area contributed by atoms with Gasteiger partial charge in [0, 0.05) is 13.1 Å². The van der Waals surface area contributed by atoms with E-state index in [-0.39, 0.29) is 5.56 Å². The van der Waals surface area contributed by atoms with Gasteiger partial charge in [0.05, 0.1) is 22.9 Å². The average molecular weight is 331 g/mol. The number of nitrogens with zero attached hydrogens (tertiary/aromatic N) is 2. The Bertz CT molecular complexity index is 859. The van der Waals surface area contributed by atoms with Crippen LogP contribution in [-0.2, 0) is 5.75 Å². The highest BCUT2D eigenvalue weighted by molar-refractivity contribution is 8.22. The molecule has 5 nitrogen and oxygen atoms in total. The van der Waals surface area contributed by atoms with Crippen molar-refractivity contribution in [3.63, 3.8) is 0 Å². The molecular weight excluding hydrogens is 318 g/mol. The van der Waals surface area contributed by atoms with Crippen LogP contribution in [0.4, 0.5) is 5.88 Å². The van der Waals surface area contributed by atoms with Crippen LogP contribution in [-0.4, -0.2) is 21.3 Å². The molecule has 3 rings (SSSR count). The third kappa shape index (κ3) is 3.05. The number of H-pyrrole nitrogens is 1. The van der Waals surface area contributed by atoms with Gasteiger partial charge in [-0.3, -0.25) is 4.79 Å².